The Morgan fingerprint density at radius 1 is 1.20 bits per heavy atom. The monoisotopic (exact) mass is 456 g/mol. The first-order valence-electron chi connectivity index (χ1n) is 10.2. The second-order valence-electron chi connectivity index (χ2n) is 7.02. The lowest BCUT2D eigenvalue weighted by Crippen LogP contribution is -2.31. The molecule has 0 fully saturated rings. The van der Waals surface area contributed by atoms with E-state index >= 15 is 0 Å². The zero-order valence-corrected chi connectivity index (χ0v) is 19.0. The summed E-state index contributed by atoms with van der Waals surface area (Å²) in [6, 6.07) is 3.90. The number of sulfonamides is 1. The average Bonchev–Trinajstić information content (AvgIpc) is 2.73. The van der Waals surface area contributed by atoms with Gasteiger partial charge in [0.05, 0.1) is 10.6 Å². The number of esters is 1. The van der Waals surface area contributed by atoms with E-state index in [0.717, 1.165) is 19.3 Å². The molecular weight excluding hydrogens is 428 g/mol. The summed E-state index contributed by atoms with van der Waals surface area (Å²) >= 11 is 6.07. The van der Waals surface area contributed by atoms with Gasteiger partial charge in [-0.3, -0.25) is 4.79 Å². The van der Waals surface area contributed by atoms with Gasteiger partial charge in [0.15, 0.2) is 6.61 Å². The van der Waals surface area contributed by atoms with Gasteiger partial charge in [-0.2, -0.15) is 4.31 Å². The number of benzene rings is 1. The summed E-state index contributed by atoms with van der Waals surface area (Å²) in [7, 11) is -3.83. The standard InChI is InChI=1S/C21H29ClN2O5S/c1-3-24(4-2)30(27,28)19-14-17(10-11-18(19)22)21(26)29-15-20(25)23-13-12-16-8-6-5-7-9-16/h8,10-11,14H,3-7,9,12-13,15H2,1-2H3,(H,23,25). The minimum Gasteiger partial charge on any atom is -0.452 e. The Morgan fingerprint density at radius 3 is 2.57 bits per heavy atom. The number of amides is 1. The van der Waals surface area contributed by atoms with E-state index < -0.39 is 28.5 Å². The first-order valence-corrected chi connectivity index (χ1v) is 12.0. The molecule has 0 bridgehead atoms. The fraction of sp³-hybridized carbons (Fsp3) is 0.524. The van der Waals surface area contributed by atoms with Crippen molar-refractivity contribution in [3.63, 3.8) is 0 Å². The van der Waals surface area contributed by atoms with Crippen LogP contribution < -0.4 is 5.32 Å². The number of ether oxygens (including phenoxy) is 1. The molecule has 2 rings (SSSR count). The molecule has 7 nitrogen and oxygen atoms in total. The first-order chi connectivity index (χ1) is 14.3. The molecule has 1 N–H and O–H groups in total. The zero-order chi connectivity index (χ0) is 22.1. The molecule has 0 aliphatic heterocycles. The number of carbonyl (C=O) groups is 2. The summed E-state index contributed by atoms with van der Waals surface area (Å²) in [5, 5.41) is 2.75. The van der Waals surface area contributed by atoms with Crippen molar-refractivity contribution >= 4 is 33.5 Å². The minimum absolute atomic E-state index is 0.0188. The van der Waals surface area contributed by atoms with Gasteiger partial charge in [-0.15, -0.1) is 0 Å². The number of nitrogens with zero attached hydrogens (tertiary/aromatic N) is 1. The number of halogens is 1. The molecule has 0 saturated heterocycles. The van der Waals surface area contributed by atoms with Crippen LogP contribution in [-0.2, 0) is 19.6 Å². The third-order valence-corrected chi connectivity index (χ3v) is 7.51. The van der Waals surface area contributed by atoms with Gasteiger partial charge in [-0.1, -0.05) is 37.1 Å². The summed E-state index contributed by atoms with van der Waals surface area (Å²) in [4.78, 5) is 24.1. The fourth-order valence-corrected chi connectivity index (χ4v) is 5.25. The lowest BCUT2D eigenvalue weighted by atomic mass is 9.97. The predicted octanol–water partition coefficient (Wildman–Crippen LogP) is 3.53. The Hall–Kier alpha value is -1.90. The Kier molecular flexibility index (Phi) is 9.33. The number of hydrogen-bond donors (Lipinski definition) is 1. The molecule has 9 heteroatoms. The van der Waals surface area contributed by atoms with Gasteiger partial charge >= 0.3 is 5.97 Å². The van der Waals surface area contributed by atoms with Crippen LogP contribution in [0.5, 0.6) is 0 Å². The Labute approximate surface area is 183 Å². The van der Waals surface area contributed by atoms with E-state index in [9.17, 15) is 18.0 Å². The number of nitrogens with one attached hydrogen (secondary N) is 1. The summed E-state index contributed by atoms with van der Waals surface area (Å²) in [5.74, 6) is -1.18. The molecule has 30 heavy (non-hydrogen) atoms. The van der Waals surface area contributed by atoms with Crippen LogP contribution in [0.1, 0.15) is 56.3 Å². The topological polar surface area (TPSA) is 92.8 Å². The second kappa shape index (κ2) is 11.5. The van der Waals surface area contributed by atoms with Gasteiger partial charge in [-0.25, -0.2) is 13.2 Å². The third kappa shape index (κ3) is 6.55. The van der Waals surface area contributed by atoms with Crippen molar-refractivity contribution in [2.75, 3.05) is 26.2 Å². The van der Waals surface area contributed by atoms with Crippen molar-refractivity contribution in [2.24, 2.45) is 0 Å². The van der Waals surface area contributed by atoms with Crippen molar-refractivity contribution in [3.8, 4) is 0 Å². The number of carbonyl (C=O) groups excluding carboxylic acids is 2. The van der Waals surface area contributed by atoms with Crippen molar-refractivity contribution in [3.05, 3.63) is 40.4 Å². The van der Waals surface area contributed by atoms with Gasteiger partial charge in [0, 0.05) is 19.6 Å². The molecular formula is C21H29ClN2O5S. The largest absolute Gasteiger partial charge is 0.452 e. The van der Waals surface area contributed by atoms with Gasteiger partial charge in [0.1, 0.15) is 4.90 Å². The van der Waals surface area contributed by atoms with Gasteiger partial charge < -0.3 is 10.1 Å². The smallest absolute Gasteiger partial charge is 0.338 e. The lowest BCUT2D eigenvalue weighted by Gasteiger charge is -2.19. The van der Waals surface area contributed by atoms with Crippen LogP contribution >= 0.6 is 11.6 Å². The number of allylic oxidation sites excluding steroid dienone is 1. The first kappa shape index (κ1) is 24.4. The Bertz CT molecular complexity index is 895. The van der Waals surface area contributed by atoms with Gasteiger partial charge in [0.2, 0.25) is 10.0 Å². The molecule has 0 spiro atoms. The van der Waals surface area contributed by atoms with Gasteiger partial charge in [-0.05, 0) is 50.3 Å². The lowest BCUT2D eigenvalue weighted by molar-refractivity contribution is -0.124. The Morgan fingerprint density at radius 2 is 1.93 bits per heavy atom. The van der Waals surface area contributed by atoms with E-state index in [1.54, 1.807) is 13.8 Å². The molecule has 0 atom stereocenters. The molecule has 166 valence electrons. The molecule has 0 unspecified atom stereocenters. The summed E-state index contributed by atoms with van der Waals surface area (Å²) in [5.41, 5.74) is 1.37. The number of hydrogen-bond acceptors (Lipinski definition) is 5. The molecule has 1 aromatic carbocycles. The molecule has 1 amide bonds. The Balaban J connectivity index is 1.93. The molecule has 0 heterocycles. The number of rotatable bonds is 10. The summed E-state index contributed by atoms with van der Waals surface area (Å²) in [6.45, 7) is 4.06. The fourth-order valence-electron chi connectivity index (χ4n) is 3.29. The predicted molar refractivity (Wildman–Crippen MR) is 116 cm³/mol. The van der Waals surface area contributed by atoms with E-state index in [0.29, 0.717) is 6.54 Å². The average molecular weight is 457 g/mol. The van der Waals surface area contributed by atoms with Gasteiger partial charge in [0.25, 0.3) is 5.91 Å². The maximum atomic E-state index is 12.7. The van der Waals surface area contributed by atoms with Crippen LogP contribution in [0.25, 0.3) is 0 Å². The van der Waals surface area contributed by atoms with Crippen molar-refractivity contribution in [2.45, 2.75) is 50.8 Å². The molecule has 1 aliphatic carbocycles. The third-order valence-electron chi connectivity index (χ3n) is 4.98. The van der Waals surface area contributed by atoms with Crippen LogP contribution in [0.3, 0.4) is 0 Å². The van der Waals surface area contributed by atoms with Crippen molar-refractivity contribution < 1.29 is 22.7 Å². The second-order valence-corrected chi connectivity index (χ2v) is 9.33. The van der Waals surface area contributed by atoms with Crippen LogP contribution in [0, 0.1) is 0 Å². The summed E-state index contributed by atoms with van der Waals surface area (Å²) < 4.78 is 31.7. The van der Waals surface area contributed by atoms with E-state index in [4.69, 9.17) is 16.3 Å². The van der Waals surface area contributed by atoms with E-state index in [2.05, 4.69) is 11.4 Å². The highest BCUT2D eigenvalue weighted by atomic mass is 35.5. The molecule has 1 aliphatic rings. The molecule has 1 aromatic rings. The maximum absolute atomic E-state index is 12.7. The van der Waals surface area contributed by atoms with Crippen LogP contribution in [0.4, 0.5) is 0 Å². The highest BCUT2D eigenvalue weighted by Crippen LogP contribution is 2.26. The van der Waals surface area contributed by atoms with E-state index in [1.807, 2.05) is 0 Å². The molecule has 0 radical (unpaired) electrons. The van der Waals surface area contributed by atoms with Crippen molar-refractivity contribution in [1.29, 1.82) is 0 Å². The minimum atomic E-state index is -3.83. The molecule has 0 saturated carbocycles. The van der Waals surface area contributed by atoms with Crippen LogP contribution in [0.15, 0.2) is 34.7 Å². The maximum Gasteiger partial charge on any atom is 0.338 e. The van der Waals surface area contributed by atoms with Crippen LogP contribution in [-0.4, -0.2) is 50.8 Å². The highest BCUT2D eigenvalue weighted by molar-refractivity contribution is 7.89. The van der Waals surface area contributed by atoms with Crippen LogP contribution in [0.2, 0.25) is 5.02 Å². The SMILES string of the molecule is CCN(CC)S(=O)(=O)c1cc(C(=O)OCC(=O)NCCC2=CCCCC2)ccc1Cl. The van der Waals surface area contributed by atoms with Crippen molar-refractivity contribution in [1.82, 2.24) is 9.62 Å². The zero-order valence-electron chi connectivity index (χ0n) is 17.4. The molecule has 0 aromatic heterocycles. The van der Waals surface area contributed by atoms with E-state index in [1.165, 1.54) is 40.9 Å². The quantitative estimate of drug-likeness (QED) is 0.429. The normalized spacial score (nSPS) is 14.3. The highest BCUT2D eigenvalue weighted by Gasteiger charge is 2.26. The van der Waals surface area contributed by atoms with E-state index in [-0.39, 0.29) is 28.6 Å². The summed E-state index contributed by atoms with van der Waals surface area (Å²) in [6.07, 6.45) is 7.58.